The molecule has 0 N–H and O–H groups in total. The van der Waals surface area contributed by atoms with Gasteiger partial charge >= 0.3 is 27.0 Å². The van der Waals surface area contributed by atoms with Crippen LogP contribution in [0.25, 0.3) is 0 Å². The molecule has 3 aromatic rings. The van der Waals surface area contributed by atoms with Crippen LogP contribution in [0.5, 0.6) is 11.5 Å². The highest BCUT2D eigenvalue weighted by molar-refractivity contribution is 7.82. The summed E-state index contributed by atoms with van der Waals surface area (Å²) in [5, 5.41) is 0. The number of ether oxygens (including phenoxy) is 1. The van der Waals surface area contributed by atoms with Gasteiger partial charge in [-0.3, -0.25) is 0 Å². The average molecular weight is 498 g/mol. The maximum atomic E-state index is 13.2. The van der Waals surface area contributed by atoms with Crippen LogP contribution >= 0.6 is 0 Å². The predicted molar refractivity (Wildman–Crippen MR) is 113 cm³/mol. The summed E-state index contributed by atoms with van der Waals surface area (Å²) in [7, 11) is -11.1. The molecule has 0 heterocycles. The van der Waals surface area contributed by atoms with Crippen LogP contribution in [0.3, 0.4) is 0 Å². The van der Waals surface area contributed by atoms with Gasteiger partial charge in [-0.25, -0.2) is 4.79 Å². The molecule has 0 spiro atoms. The Labute approximate surface area is 189 Å². The summed E-state index contributed by atoms with van der Waals surface area (Å²) >= 11 is 0. The van der Waals surface area contributed by atoms with Crippen molar-refractivity contribution in [3.05, 3.63) is 95.6 Å². The fraction of sp³-hybridized carbons (Fsp3) is 0.0952. The molecule has 3 rings (SSSR count). The molecule has 0 bridgehead atoms. The molecule has 0 atom stereocenters. The molecule has 8 nitrogen and oxygen atoms in total. The van der Waals surface area contributed by atoms with Gasteiger partial charge in [0.05, 0.1) is 0 Å². The summed E-state index contributed by atoms with van der Waals surface area (Å²) in [6, 6.07) is 19.4. The number of carbonyl (C=O) groups is 1. The minimum atomic E-state index is -5.65. The Hall–Kier alpha value is -3.51. The second kappa shape index (κ2) is 9.16. The number of esters is 1. The zero-order valence-corrected chi connectivity index (χ0v) is 18.5. The summed E-state index contributed by atoms with van der Waals surface area (Å²) in [6.45, 7) is 1.59. The predicted octanol–water partition coefficient (Wildman–Crippen LogP) is 3.99. The van der Waals surface area contributed by atoms with Crippen LogP contribution in [0, 0.1) is 0 Å². The molecule has 0 saturated carbocycles. The largest absolute Gasteiger partial charge is 0.488 e. The minimum absolute atomic E-state index is 0.521. The lowest BCUT2D eigenvalue weighted by Gasteiger charge is -2.31. The van der Waals surface area contributed by atoms with Crippen molar-refractivity contribution in [1.82, 2.24) is 0 Å². The quantitative estimate of drug-likeness (QED) is 0.338. The molecule has 0 aliphatic carbocycles. The molecule has 3 aromatic carbocycles. The van der Waals surface area contributed by atoms with E-state index in [-0.39, 0.29) is 0 Å². The summed E-state index contributed by atoms with van der Waals surface area (Å²) in [5.74, 6) is -2.87. The molecule has 0 aliphatic rings. The Balaban J connectivity index is 2.07. The highest BCUT2D eigenvalue weighted by Crippen LogP contribution is 2.36. The van der Waals surface area contributed by atoms with E-state index in [9.17, 15) is 29.4 Å². The van der Waals surface area contributed by atoms with Crippen LogP contribution in [0.4, 0.5) is 7.77 Å². The second-order valence-corrected chi connectivity index (χ2v) is 8.67. The van der Waals surface area contributed by atoms with Crippen LogP contribution in [-0.2, 0) is 31.3 Å². The first-order valence-electron chi connectivity index (χ1n) is 9.14. The third-order valence-electron chi connectivity index (χ3n) is 4.50. The Kier molecular flexibility index (Phi) is 6.70. The van der Waals surface area contributed by atoms with Gasteiger partial charge < -0.3 is 13.1 Å². The van der Waals surface area contributed by atoms with Crippen molar-refractivity contribution < 1.29 is 42.5 Å². The van der Waals surface area contributed by atoms with Gasteiger partial charge in [-0.15, -0.1) is 0 Å². The lowest BCUT2D eigenvalue weighted by Crippen LogP contribution is -2.31. The molecule has 0 fully saturated rings. The van der Waals surface area contributed by atoms with E-state index < -0.39 is 49.6 Å². The Morgan fingerprint density at radius 1 is 0.758 bits per heavy atom. The molecule has 0 radical (unpaired) electrons. The molecule has 0 aromatic heterocycles. The van der Waals surface area contributed by atoms with E-state index in [1.54, 1.807) is 67.6 Å². The highest BCUT2D eigenvalue weighted by Gasteiger charge is 2.35. The van der Waals surface area contributed by atoms with Gasteiger partial charge in [-0.1, -0.05) is 68.4 Å². The number of carbonyl (C=O) groups excluding carboxylic acids is 1. The minimum Gasteiger partial charge on any atom is -0.446 e. The first kappa shape index (κ1) is 24.1. The topological polar surface area (TPSA) is 113 Å². The number of halogens is 2. The maximum Gasteiger partial charge on any atom is 0.488 e. The molecule has 0 aliphatic heterocycles. The molecule has 0 amide bonds. The van der Waals surface area contributed by atoms with Crippen molar-refractivity contribution in [2.24, 2.45) is 0 Å². The van der Waals surface area contributed by atoms with Gasteiger partial charge in [0.1, 0.15) is 11.3 Å². The van der Waals surface area contributed by atoms with Crippen molar-refractivity contribution in [3.63, 3.8) is 0 Å². The lowest BCUT2D eigenvalue weighted by atomic mass is 9.88. The molecule has 174 valence electrons. The van der Waals surface area contributed by atoms with Crippen LogP contribution < -0.4 is 8.37 Å². The smallest absolute Gasteiger partial charge is 0.446 e. The van der Waals surface area contributed by atoms with Gasteiger partial charge in [-0.2, -0.15) is 16.8 Å². The summed E-state index contributed by atoms with van der Waals surface area (Å²) in [5.41, 5.74) is -0.830. The van der Waals surface area contributed by atoms with Gasteiger partial charge in [0, 0.05) is 6.07 Å². The van der Waals surface area contributed by atoms with E-state index in [0.29, 0.717) is 17.2 Å². The zero-order valence-electron chi connectivity index (χ0n) is 16.8. The maximum absolute atomic E-state index is 13.2. The fourth-order valence-corrected chi connectivity index (χ4v) is 3.74. The number of hydrogen-bond donors (Lipinski definition) is 0. The van der Waals surface area contributed by atoms with Crippen LogP contribution in [0.15, 0.2) is 78.9 Å². The number of rotatable bonds is 8. The molecule has 0 saturated heterocycles. The van der Waals surface area contributed by atoms with Gasteiger partial charge in [0.15, 0.2) is 11.4 Å². The average Bonchev–Trinajstić information content (AvgIpc) is 2.72. The first-order valence-corrected chi connectivity index (χ1v) is 11.8. The van der Waals surface area contributed by atoms with Gasteiger partial charge in [0.2, 0.25) is 0 Å². The second-order valence-electron chi connectivity index (χ2n) is 6.77. The van der Waals surface area contributed by atoms with E-state index in [0.717, 1.165) is 12.1 Å². The third-order valence-corrected chi connectivity index (χ3v) is 5.27. The van der Waals surface area contributed by atoms with E-state index >= 15 is 0 Å². The monoisotopic (exact) mass is 498 g/mol. The van der Waals surface area contributed by atoms with E-state index in [1.165, 1.54) is 0 Å². The lowest BCUT2D eigenvalue weighted by molar-refractivity contribution is 0.00599. The fourth-order valence-electron chi connectivity index (χ4n) is 3.05. The highest BCUT2D eigenvalue weighted by atomic mass is 32.3. The van der Waals surface area contributed by atoms with Crippen molar-refractivity contribution in [2.45, 2.75) is 12.5 Å². The van der Waals surface area contributed by atoms with E-state index in [2.05, 4.69) is 8.37 Å². The Bertz CT molecular complexity index is 1320. The van der Waals surface area contributed by atoms with Gasteiger partial charge in [0.25, 0.3) is 0 Å². The third kappa shape index (κ3) is 6.26. The standard InChI is InChI=1S/C21H16F2O8S2/c1-21(15-8-4-2-5-9-15,16-10-6-3-7-11-16)29-20(24)18-13-12-17(30-32(22,25)26)14-19(18)31-33(23,27)28/h2-14H,1H3. The van der Waals surface area contributed by atoms with Crippen LogP contribution in [0.2, 0.25) is 0 Å². The van der Waals surface area contributed by atoms with Gasteiger partial charge in [-0.05, 0) is 30.2 Å². The molecule has 33 heavy (non-hydrogen) atoms. The zero-order chi connectivity index (χ0) is 24.3. The SMILES string of the molecule is CC(OC(=O)c1ccc(OS(=O)(=O)F)cc1OS(=O)(=O)F)(c1ccccc1)c1ccccc1. The van der Waals surface area contributed by atoms with Crippen molar-refractivity contribution in [1.29, 1.82) is 0 Å². The van der Waals surface area contributed by atoms with E-state index in [4.69, 9.17) is 4.74 Å². The van der Waals surface area contributed by atoms with Crippen molar-refractivity contribution >= 4 is 27.0 Å². The molecular formula is C21H16F2O8S2. The normalized spacial score (nSPS) is 12.1. The summed E-state index contributed by atoms with van der Waals surface area (Å²) < 4.78 is 83.4. The summed E-state index contributed by atoms with van der Waals surface area (Å²) in [6.07, 6.45) is 0. The Morgan fingerprint density at radius 2 is 1.24 bits per heavy atom. The van der Waals surface area contributed by atoms with Crippen molar-refractivity contribution in [3.8, 4) is 11.5 Å². The molecule has 0 unspecified atom stereocenters. The van der Waals surface area contributed by atoms with Crippen molar-refractivity contribution in [2.75, 3.05) is 0 Å². The van der Waals surface area contributed by atoms with Crippen LogP contribution in [0.1, 0.15) is 28.4 Å². The van der Waals surface area contributed by atoms with Crippen LogP contribution in [-0.4, -0.2) is 22.8 Å². The first-order chi connectivity index (χ1) is 15.4. The Morgan fingerprint density at radius 3 is 1.70 bits per heavy atom. The van der Waals surface area contributed by atoms with E-state index in [1.807, 2.05) is 0 Å². The number of hydrogen-bond acceptors (Lipinski definition) is 8. The molecular weight excluding hydrogens is 482 g/mol. The number of benzene rings is 3. The molecule has 12 heteroatoms. The summed E-state index contributed by atoms with van der Waals surface area (Å²) in [4.78, 5) is 13.1.